The van der Waals surface area contributed by atoms with E-state index in [0.29, 0.717) is 5.69 Å². The Bertz CT molecular complexity index is 889. The van der Waals surface area contributed by atoms with E-state index in [1.807, 2.05) is 0 Å². The molecule has 0 saturated carbocycles. The van der Waals surface area contributed by atoms with E-state index >= 15 is 0 Å². The molecule has 2 rings (SSSR count). The summed E-state index contributed by atoms with van der Waals surface area (Å²) in [6.07, 6.45) is 0. The van der Waals surface area contributed by atoms with Gasteiger partial charge in [0.05, 0.1) is 15.6 Å². The first kappa shape index (κ1) is 17.6. The molecule has 0 aliphatic rings. The second-order valence-electron chi connectivity index (χ2n) is 5.09. The van der Waals surface area contributed by atoms with Crippen molar-refractivity contribution in [1.29, 1.82) is 0 Å². The van der Waals surface area contributed by atoms with Gasteiger partial charge in [-0.15, -0.1) is 0 Å². The summed E-state index contributed by atoms with van der Waals surface area (Å²) in [5.74, 6) is -0.506. The molecule has 0 fully saturated rings. The van der Waals surface area contributed by atoms with Crippen LogP contribution in [-0.4, -0.2) is 25.0 Å². The summed E-state index contributed by atoms with van der Waals surface area (Å²) < 4.78 is 23.5. The fourth-order valence-electron chi connectivity index (χ4n) is 2.18. The lowest BCUT2D eigenvalue weighted by atomic mass is 10.1. The number of nitro groups is 1. The molecule has 126 valence electrons. The Labute approximate surface area is 139 Å². The Morgan fingerprint density at radius 3 is 2.33 bits per heavy atom. The molecule has 0 aromatic heterocycles. The van der Waals surface area contributed by atoms with E-state index in [1.54, 1.807) is 6.92 Å². The number of rotatable bonds is 5. The van der Waals surface area contributed by atoms with Crippen LogP contribution in [0, 0.1) is 17.0 Å². The monoisotopic (exact) mass is 348 g/mol. The smallest absolute Gasteiger partial charge is 0.273 e. The average Bonchev–Trinajstić information content (AvgIpc) is 2.55. The van der Waals surface area contributed by atoms with Crippen molar-refractivity contribution >= 4 is 27.1 Å². The molecule has 8 heteroatoms. The highest BCUT2D eigenvalue weighted by Crippen LogP contribution is 2.22. The van der Waals surface area contributed by atoms with Crippen LogP contribution in [0.3, 0.4) is 0 Å². The summed E-state index contributed by atoms with van der Waals surface area (Å²) in [6, 6.07) is 10.0. The van der Waals surface area contributed by atoms with Crippen LogP contribution in [0.1, 0.15) is 22.8 Å². The van der Waals surface area contributed by atoms with Crippen molar-refractivity contribution in [1.82, 2.24) is 0 Å². The second kappa shape index (κ2) is 6.79. The molecule has 0 radical (unpaired) electrons. The van der Waals surface area contributed by atoms with Crippen molar-refractivity contribution in [3.63, 3.8) is 0 Å². The summed E-state index contributed by atoms with van der Waals surface area (Å²) in [4.78, 5) is 22.9. The van der Waals surface area contributed by atoms with Gasteiger partial charge in [0.2, 0.25) is 0 Å². The number of hydrogen-bond donors (Lipinski definition) is 1. The van der Waals surface area contributed by atoms with E-state index in [4.69, 9.17) is 0 Å². The van der Waals surface area contributed by atoms with Crippen LogP contribution in [0.15, 0.2) is 47.4 Å². The summed E-state index contributed by atoms with van der Waals surface area (Å²) in [5, 5.41) is 13.5. The van der Waals surface area contributed by atoms with Crippen LogP contribution in [0.5, 0.6) is 0 Å². The minimum Gasteiger partial charge on any atom is -0.322 e. The van der Waals surface area contributed by atoms with E-state index in [-0.39, 0.29) is 27.5 Å². The second-order valence-corrected chi connectivity index (χ2v) is 7.37. The van der Waals surface area contributed by atoms with Crippen molar-refractivity contribution in [3.05, 3.63) is 63.7 Å². The number of nitrogens with zero attached hydrogens (tertiary/aromatic N) is 1. The highest BCUT2D eigenvalue weighted by atomic mass is 32.2. The topological polar surface area (TPSA) is 106 Å². The van der Waals surface area contributed by atoms with Gasteiger partial charge in [-0.25, -0.2) is 8.42 Å². The van der Waals surface area contributed by atoms with Gasteiger partial charge in [0.25, 0.3) is 11.6 Å². The Balaban J connectivity index is 2.25. The lowest BCUT2D eigenvalue weighted by Gasteiger charge is -2.09. The molecule has 7 nitrogen and oxygen atoms in total. The van der Waals surface area contributed by atoms with Crippen LogP contribution >= 0.6 is 0 Å². The maximum atomic E-state index is 12.3. The number of carbonyl (C=O) groups excluding carboxylic acids is 1. The molecule has 0 spiro atoms. The fraction of sp³-hybridized carbons (Fsp3) is 0.188. The fourth-order valence-corrected chi connectivity index (χ4v) is 3.06. The number of hydrogen-bond acceptors (Lipinski definition) is 5. The minimum absolute atomic E-state index is 0.00835. The highest BCUT2D eigenvalue weighted by Gasteiger charge is 2.18. The van der Waals surface area contributed by atoms with Gasteiger partial charge in [-0.1, -0.05) is 13.0 Å². The molecule has 0 unspecified atom stereocenters. The van der Waals surface area contributed by atoms with Crippen molar-refractivity contribution in [2.45, 2.75) is 18.7 Å². The third-order valence-electron chi connectivity index (χ3n) is 3.60. The summed E-state index contributed by atoms with van der Waals surface area (Å²) >= 11 is 0. The zero-order valence-corrected chi connectivity index (χ0v) is 14.0. The molecule has 2 aromatic rings. The molecule has 2 aromatic carbocycles. The van der Waals surface area contributed by atoms with E-state index in [9.17, 15) is 23.3 Å². The quantitative estimate of drug-likeness (QED) is 0.660. The van der Waals surface area contributed by atoms with Crippen LogP contribution in [0.25, 0.3) is 0 Å². The molecule has 0 heterocycles. The van der Waals surface area contributed by atoms with Gasteiger partial charge < -0.3 is 5.32 Å². The van der Waals surface area contributed by atoms with Crippen molar-refractivity contribution in [3.8, 4) is 0 Å². The van der Waals surface area contributed by atoms with Crippen molar-refractivity contribution < 1.29 is 18.1 Å². The number of anilines is 1. The Hall–Kier alpha value is -2.74. The largest absolute Gasteiger partial charge is 0.322 e. The third kappa shape index (κ3) is 3.60. The molecule has 0 aliphatic carbocycles. The predicted octanol–water partition coefficient (Wildman–Crippen LogP) is 2.95. The lowest BCUT2D eigenvalue weighted by Crippen LogP contribution is -2.14. The van der Waals surface area contributed by atoms with E-state index < -0.39 is 20.7 Å². The van der Waals surface area contributed by atoms with Crippen LogP contribution < -0.4 is 5.32 Å². The number of benzene rings is 2. The normalized spacial score (nSPS) is 11.1. The van der Waals surface area contributed by atoms with Gasteiger partial charge in [0.15, 0.2) is 9.84 Å². The summed E-state index contributed by atoms with van der Waals surface area (Å²) in [6.45, 7) is 3.06. The number of amides is 1. The maximum Gasteiger partial charge on any atom is 0.273 e. The van der Waals surface area contributed by atoms with Gasteiger partial charge in [-0.05, 0) is 37.3 Å². The zero-order valence-electron chi connectivity index (χ0n) is 13.1. The molecule has 0 aliphatic heterocycles. The third-order valence-corrected chi connectivity index (χ3v) is 5.35. The van der Waals surface area contributed by atoms with Crippen molar-refractivity contribution in [2.75, 3.05) is 11.1 Å². The maximum absolute atomic E-state index is 12.3. The molecule has 0 bridgehead atoms. The predicted molar refractivity (Wildman–Crippen MR) is 90.0 cm³/mol. The van der Waals surface area contributed by atoms with Crippen LogP contribution in [0.4, 0.5) is 11.4 Å². The van der Waals surface area contributed by atoms with Gasteiger partial charge in [0.1, 0.15) is 0 Å². The van der Waals surface area contributed by atoms with Gasteiger partial charge in [-0.2, -0.15) is 0 Å². The molecule has 24 heavy (non-hydrogen) atoms. The molecule has 0 atom stereocenters. The molecule has 0 saturated heterocycles. The molecular formula is C16H16N2O5S. The lowest BCUT2D eigenvalue weighted by molar-refractivity contribution is -0.385. The Morgan fingerprint density at radius 2 is 1.79 bits per heavy atom. The Morgan fingerprint density at radius 1 is 1.17 bits per heavy atom. The summed E-state index contributed by atoms with van der Waals surface area (Å²) in [7, 11) is -3.31. The number of nitrogens with one attached hydrogen (secondary N) is 1. The van der Waals surface area contributed by atoms with E-state index in [1.165, 1.54) is 49.4 Å². The van der Waals surface area contributed by atoms with Gasteiger partial charge in [0, 0.05) is 22.9 Å². The van der Waals surface area contributed by atoms with Crippen LogP contribution in [0.2, 0.25) is 0 Å². The van der Waals surface area contributed by atoms with E-state index in [0.717, 1.165) is 0 Å². The molecule has 1 amide bonds. The average molecular weight is 348 g/mol. The first-order valence-corrected chi connectivity index (χ1v) is 8.79. The van der Waals surface area contributed by atoms with Crippen molar-refractivity contribution in [2.24, 2.45) is 0 Å². The number of sulfone groups is 1. The SMILES string of the molecule is CCS(=O)(=O)c1ccc(NC(=O)c2cccc([N+](=O)[O-])c2C)cc1. The Kier molecular flexibility index (Phi) is 4.99. The minimum atomic E-state index is -3.31. The number of nitro benzene ring substituents is 1. The number of carbonyl (C=O) groups is 1. The highest BCUT2D eigenvalue weighted by molar-refractivity contribution is 7.91. The standard InChI is InChI=1S/C16H16N2O5S/c1-3-24(22,23)13-9-7-12(8-10-13)17-16(19)14-5-4-6-15(11(14)2)18(20)21/h4-10H,3H2,1-2H3,(H,17,19). The zero-order chi connectivity index (χ0) is 17.9. The summed E-state index contributed by atoms with van der Waals surface area (Å²) in [5.41, 5.74) is 0.729. The first-order chi connectivity index (χ1) is 11.3. The first-order valence-electron chi connectivity index (χ1n) is 7.14. The van der Waals surface area contributed by atoms with E-state index in [2.05, 4.69) is 5.32 Å². The molecular weight excluding hydrogens is 332 g/mol. The molecule has 1 N–H and O–H groups in total. The van der Waals surface area contributed by atoms with Crippen LogP contribution in [-0.2, 0) is 9.84 Å². The van der Waals surface area contributed by atoms with Gasteiger partial charge in [-0.3, -0.25) is 14.9 Å². The van der Waals surface area contributed by atoms with Gasteiger partial charge >= 0.3 is 0 Å².